The SMILES string of the molecule is Cc1cccc(/C=N/NC(=O)CN2CCN(Cc3ccccc3)CC2)c1. The Labute approximate surface area is 155 Å². The number of nitrogens with zero attached hydrogens (tertiary/aromatic N) is 3. The molecule has 1 heterocycles. The number of hydrogen-bond acceptors (Lipinski definition) is 4. The Morgan fingerprint density at radius 3 is 2.50 bits per heavy atom. The van der Waals surface area contributed by atoms with Crippen LogP contribution in [0.5, 0.6) is 0 Å². The van der Waals surface area contributed by atoms with Crippen LogP contribution in [0.25, 0.3) is 0 Å². The first-order valence-electron chi connectivity index (χ1n) is 9.06. The van der Waals surface area contributed by atoms with Crippen LogP contribution in [0.2, 0.25) is 0 Å². The Kier molecular flexibility index (Phi) is 6.52. The van der Waals surface area contributed by atoms with E-state index < -0.39 is 0 Å². The van der Waals surface area contributed by atoms with Crippen LogP contribution in [0.3, 0.4) is 0 Å². The molecule has 3 rings (SSSR count). The van der Waals surface area contributed by atoms with E-state index in [0.717, 1.165) is 38.3 Å². The lowest BCUT2D eigenvalue weighted by Gasteiger charge is -2.34. The van der Waals surface area contributed by atoms with Crippen molar-refractivity contribution in [3.63, 3.8) is 0 Å². The average Bonchev–Trinajstić information content (AvgIpc) is 2.64. The van der Waals surface area contributed by atoms with Gasteiger partial charge in [0.05, 0.1) is 12.8 Å². The van der Waals surface area contributed by atoms with E-state index >= 15 is 0 Å². The molecular weight excluding hydrogens is 324 g/mol. The van der Waals surface area contributed by atoms with Crippen molar-refractivity contribution < 1.29 is 4.79 Å². The highest BCUT2D eigenvalue weighted by Crippen LogP contribution is 2.08. The molecule has 1 amide bonds. The molecule has 0 radical (unpaired) electrons. The molecule has 0 aliphatic carbocycles. The van der Waals surface area contributed by atoms with E-state index in [4.69, 9.17) is 0 Å². The van der Waals surface area contributed by atoms with Gasteiger partial charge in [-0.25, -0.2) is 5.43 Å². The molecule has 0 atom stereocenters. The third-order valence-corrected chi connectivity index (χ3v) is 4.53. The van der Waals surface area contributed by atoms with Gasteiger partial charge >= 0.3 is 0 Å². The molecule has 1 saturated heterocycles. The second-order valence-electron chi connectivity index (χ2n) is 6.75. The van der Waals surface area contributed by atoms with E-state index in [1.165, 1.54) is 11.1 Å². The number of nitrogens with one attached hydrogen (secondary N) is 1. The van der Waals surface area contributed by atoms with Crippen LogP contribution < -0.4 is 5.43 Å². The third kappa shape index (κ3) is 5.79. The monoisotopic (exact) mass is 350 g/mol. The van der Waals surface area contributed by atoms with E-state index in [0.29, 0.717) is 6.54 Å². The van der Waals surface area contributed by atoms with Crippen molar-refractivity contribution in [3.05, 3.63) is 71.3 Å². The summed E-state index contributed by atoms with van der Waals surface area (Å²) in [6.07, 6.45) is 1.68. The third-order valence-electron chi connectivity index (χ3n) is 4.53. The summed E-state index contributed by atoms with van der Waals surface area (Å²) >= 11 is 0. The molecule has 0 unspecified atom stereocenters. The van der Waals surface area contributed by atoms with Crippen molar-refractivity contribution in [2.75, 3.05) is 32.7 Å². The zero-order valence-corrected chi connectivity index (χ0v) is 15.3. The first kappa shape index (κ1) is 18.3. The molecule has 5 nitrogen and oxygen atoms in total. The number of carbonyl (C=O) groups is 1. The highest BCUT2D eigenvalue weighted by molar-refractivity contribution is 5.83. The normalized spacial score (nSPS) is 16.0. The molecule has 2 aromatic carbocycles. The van der Waals surface area contributed by atoms with Crippen molar-refractivity contribution in [1.29, 1.82) is 0 Å². The Morgan fingerprint density at radius 1 is 1.04 bits per heavy atom. The van der Waals surface area contributed by atoms with Crippen LogP contribution in [-0.4, -0.2) is 54.6 Å². The Balaban J connectivity index is 1.38. The summed E-state index contributed by atoms with van der Waals surface area (Å²) < 4.78 is 0. The summed E-state index contributed by atoms with van der Waals surface area (Å²) in [5.41, 5.74) is 6.12. The van der Waals surface area contributed by atoms with Gasteiger partial charge in [0.25, 0.3) is 5.91 Å². The summed E-state index contributed by atoms with van der Waals surface area (Å²) in [7, 11) is 0. The maximum Gasteiger partial charge on any atom is 0.254 e. The molecule has 1 N–H and O–H groups in total. The Morgan fingerprint density at radius 2 is 1.77 bits per heavy atom. The first-order valence-corrected chi connectivity index (χ1v) is 9.06. The fourth-order valence-corrected chi connectivity index (χ4v) is 3.11. The molecule has 0 saturated carbocycles. The summed E-state index contributed by atoms with van der Waals surface area (Å²) in [6.45, 7) is 7.17. The fraction of sp³-hybridized carbons (Fsp3) is 0.333. The maximum atomic E-state index is 12.1. The predicted molar refractivity (Wildman–Crippen MR) is 105 cm³/mol. The zero-order valence-electron chi connectivity index (χ0n) is 15.3. The van der Waals surface area contributed by atoms with Gasteiger partial charge in [-0.3, -0.25) is 14.6 Å². The number of hydrogen-bond donors (Lipinski definition) is 1. The van der Waals surface area contributed by atoms with Gasteiger partial charge in [-0.2, -0.15) is 5.10 Å². The van der Waals surface area contributed by atoms with Crippen LogP contribution in [0, 0.1) is 6.92 Å². The molecule has 1 fully saturated rings. The van der Waals surface area contributed by atoms with Gasteiger partial charge in [0.1, 0.15) is 0 Å². The summed E-state index contributed by atoms with van der Waals surface area (Å²) in [6, 6.07) is 18.5. The molecule has 2 aromatic rings. The molecule has 0 spiro atoms. The van der Waals surface area contributed by atoms with Crippen LogP contribution in [0.4, 0.5) is 0 Å². The summed E-state index contributed by atoms with van der Waals surface area (Å²) in [5, 5.41) is 4.06. The number of benzene rings is 2. The second-order valence-corrected chi connectivity index (χ2v) is 6.75. The minimum absolute atomic E-state index is 0.0644. The van der Waals surface area contributed by atoms with Gasteiger partial charge in [-0.15, -0.1) is 0 Å². The second kappa shape index (κ2) is 9.27. The first-order chi connectivity index (χ1) is 12.7. The van der Waals surface area contributed by atoms with E-state index in [1.54, 1.807) is 6.21 Å². The largest absolute Gasteiger partial charge is 0.297 e. The lowest BCUT2D eigenvalue weighted by atomic mass is 10.2. The lowest BCUT2D eigenvalue weighted by Crippen LogP contribution is -2.48. The minimum Gasteiger partial charge on any atom is -0.297 e. The Hall–Kier alpha value is -2.50. The van der Waals surface area contributed by atoms with Gasteiger partial charge in [0.15, 0.2) is 0 Å². The van der Waals surface area contributed by atoms with Crippen molar-refractivity contribution in [1.82, 2.24) is 15.2 Å². The van der Waals surface area contributed by atoms with Crippen LogP contribution in [0.15, 0.2) is 59.7 Å². The highest BCUT2D eigenvalue weighted by atomic mass is 16.2. The van der Waals surface area contributed by atoms with E-state index in [-0.39, 0.29) is 5.91 Å². The zero-order chi connectivity index (χ0) is 18.2. The predicted octanol–water partition coefficient (Wildman–Crippen LogP) is 2.26. The van der Waals surface area contributed by atoms with Gasteiger partial charge < -0.3 is 0 Å². The standard InChI is InChI=1S/C21H26N4O/c1-18-6-5-9-20(14-18)15-22-23-21(26)17-25-12-10-24(11-13-25)16-19-7-3-2-4-8-19/h2-9,14-15H,10-13,16-17H2,1H3,(H,23,26)/b22-15+. The smallest absolute Gasteiger partial charge is 0.254 e. The highest BCUT2D eigenvalue weighted by Gasteiger charge is 2.18. The van der Waals surface area contributed by atoms with Gasteiger partial charge in [-0.05, 0) is 18.1 Å². The molecule has 1 aliphatic rings. The molecular formula is C21H26N4O. The number of hydrazone groups is 1. The molecule has 5 heteroatoms. The molecule has 1 aliphatic heterocycles. The van der Waals surface area contributed by atoms with Crippen LogP contribution in [0.1, 0.15) is 16.7 Å². The van der Waals surface area contributed by atoms with E-state index in [1.807, 2.05) is 37.3 Å². The maximum absolute atomic E-state index is 12.1. The number of rotatable bonds is 6. The van der Waals surface area contributed by atoms with E-state index in [9.17, 15) is 4.79 Å². The van der Waals surface area contributed by atoms with Crippen molar-refractivity contribution in [2.45, 2.75) is 13.5 Å². The van der Waals surface area contributed by atoms with Crippen molar-refractivity contribution >= 4 is 12.1 Å². The minimum atomic E-state index is -0.0644. The number of carbonyl (C=O) groups excluding carboxylic acids is 1. The number of piperazine rings is 1. The van der Waals surface area contributed by atoms with Gasteiger partial charge in [0.2, 0.25) is 0 Å². The number of aryl methyl sites for hydroxylation is 1. The summed E-state index contributed by atoms with van der Waals surface area (Å²) in [5.74, 6) is -0.0644. The quantitative estimate of drug-likeness (QED) is 0.642. The molecule has 136 valence electrons. The molecule has 0 aromatic heterocycles. The van der Waals surface area contributed by atoms with Crippen molar-refractivity contribution in [3.8, 4) is 0 Å². The lowest BCUT2D eigenvalue weighted by molar-refractivity contribution is -0.122. The van der Waals surface area contributed by atoms with Crippen LogP contribution >= 0.6 is 0 Å². The van der Waals surface area contributed by atoms with Gasteiger partial charge in [-0.1, -0.05) is 60.2 Å². The van der Waals surface area contributed by atoms with Gasteiger partial charge in [0, 0.05) is 32.7 Å². The Bertz CT molecular complexity index is 737. The van der Waals surface area contributed by atoms with Crippen molar-refractivity contribution in [2.24, 2.45) is 5.10 Å². The number of amides is 1. The average molecular weight is 350 g/mol. The summed E-state index contributed by atoms with van der Waals surface area (Å²) in [4.78, 5) is 16.7. The topological polar surface area (TPSA) is 47.9 Å². The molecule has 0 bridgehead atoms. The van der Waals surface area contributed by atoms with E-state index in [2.05, 4.69) is 44.6 Å². The molecule has 26 heavy (non-hydrogen) atoms. The fourth-order valence-electron chi connectivity index (χ4n) is 3.11. The van der Waals surface area contributed by atoms with Crippen LogP contribution in [-0.2, 0) is 11.3 Å².